The van der Waals surface area contributed by atoms with Crippen molar-refractivity contribution in [3.05, 3.63) is 103 Å². The van der Waals surface area contributed by atoms with Crippen LogP contribution in [0.1, 0.15) is 19.4 Å². The van der Waals surface area contributed by atoms with Gasteiger partial charge in [0.1, 0.15) is 28.1 Å². The molecule has 0 spiro atoms. The van der Waals surface area contributed by atoms with E-state index in [0.717, 1.165) is 67.9 Å². The first-order valence-electron chi connectivity index (χ1n) is 14.1. The highest BCUT2D eigenvalue weighted by molar-refractivity contribution is 14.1. The van der Waals surface area contributed by atoms with Crippen LogP contribution in [0.4, 0.5) is 0 Å². The van der Waals surface area contributed by atoms with Gasteiger partial charge in [-0.25, -0.2) is 0 Å². The number of furan rings is 2. The van der Waals surface area contributed by atoms with Crippen LogP contribution in [-0.2, 0) is 0 Å². The molecule has 2 heterocycles. The number of aliphatic hydroxyl groups is 1. The normalized spacial score (nSPS) is 10.1. The van der Waals surface area contributed by atoms with E-state index in [9.17, 15) is 0 Å². The fourth-order valence-electron chi connectivity index (χ4n) is 5.03. The Balaban J connectivity index is 0.000000588. The summed E-state index contributed by atoms with van der Waals surface area (Å²) >= 11 is 2.15. The third-order valence-corrected chi connectivity index (χ3v) is 6.82. The third kappa shape index (κ3) is 7.04. The van der Waals surface area contributed by atoms with Crippen LogP contribution in [0, 0.1) is 6.92 Å². The summed E-state index contributed by atoms with van der Waals surface area (Å²) in [4.78, 5) is 1.97. The molecular weight excluding hydrogens is 649 g/mol. The van der Waals surface area contributed by atoms with Crippen molar-refractivity contribution in [2.45, 2.75) is 20.8 Å². The number of methoxy groups -OCH3 is 1. The average molecular weight is 690 g/mol. The lowest BCUT2D eigenvalue weighted by Crippen LogP contribution is -1.83. The van der Waals surface area contributed by atoms with Gasteiger partial charge in [-0.3, -0.25) is 0 Å². The summed E-state index contributed by atoms with van der Waals surface area (Å²) in [5.41, 5.74) is 13.8. The summed E-state index contributed by atoms with van der Waals surface area (Å²) in [5.74, 6) is 0.841. The molecule has 7 aromatic rings. The van der Waals surface area contributed by atoms with E-state index < -0.39 is 0 Å². The highest BCUT2D eigenvalue weighted by Gasteiger charge is 2.15. The van der Waals surface area contributed by atoms with E-state index in [1.54, 1.807) is 7.11 Å². The minimum atomic E-state index is 0.841. The number of rotatable bonds is 3. The van der Waals surface area contributed by atoms with Crippen molar-refractivity contribution in [1.29, 1.82) is 0 Å². The van der Waals surface area contributed by atoms with Crippen LogP contribution in [0.2, 0.25) is 0 Å². The van der Waals surface area contributed by atoms with E-state index in [1.807, 2.05) is 43.0 Å². The molecule has 0 unspecified atom stereocenters. The lowest BCUT2D eigenvalue weighted by atomic mass is 10.0. The molecule has 0 fully saturated rings. The highest BCUT2D eigenvalue weighted by atomic mass is 127. The van der Waals surface area contributed by atoms with E-state index in [1.165, 1.54) is 23.7 Å². The van der Waals surface area contributed by atoms with Crippen LogP contribution in [0.25, 0.3) is 66.1 Å². The zero-order valence-corrected chi connectivity index (χ0v) is 28.0. The molecule has 224 valence electrons. The predicted octanol–water partition coefficient (Wildman–Crippen LogP) is 10.4. The van der Waals surface area contributed by atoms with E-state index >= 15 is 0 Å². The maximum atomic E-state index is 7.00. The zero-order chi connectivity index (χ0) is 31.5. The monoisotopic (exact) mass is 689 g/mol. The van der Waals surface area contributed by atoms with Crippen LogP contribution in [0.3, 0.4) is 0 Å². The Morgan fingerprint density at radius 1 is 0.558 bits per heavy atom. The second-order valence-electron chi connectivity index (χ2n) is 9.07. The molecule has 0 aliphatic carbocycles. The Bertz CT molecular complexity index is 1920. The molecule has 3 N–H and O–H groups in total. The van der Waals surface area contributed by atoms with Gasteiger partial charge in [0.2, 0.25) is 0 Å². The van der Waals surface area contributed by atoms with E-state index in [0.29, 0.717) is 0 Å². The summed E-state index contributed by atoms with van der Waals surface area (Å²) in [6.07, 6.45) is 0. The largest absolute Gasteiger partial charge is 0.497 e. The van der Waals surface area contributed by atoms with Crippen LogP contribution in [0.5, 0.6) is 5.75 Å². The molecule has 43 heavy (non-hydrogen) atoms. The maximum Gasteiger partial charge on any atom is 0.136 e. The number of hydrogen-bond donors (Lipinski definition) is 2. The number of halogens is 1. The number of alkyl halides is 1. The SMILES string of the molecule is CC.CI.CN.CO.COc1cccc(-c2ccc3oc4cc5c(cc4c3c2)oc2ccc(-c3cccc(C)c3)cc25)c1. The van der Waals surface area contributed by atoms with E-state index in [-0.39, 0.29) is 0 Å². The van der Waals surface area contributed by atoms with Crippen molar-refractivity contribution >= 4 is 66.5 Å². The highest BCUT2D eigenvalue weighted by Crippen LogP contribution is 2.39. The van der Waals surface area contributed by atoms with Crippen LogP contribution in [0.15, 0.2) is 106 Å². The molecule has 0 aliphatic heterocycles. The van der Waals surface area contributed by atoms with Crippen molar-refractivity contribution in [3.63, 3.8) is 0 Å². The molecule has 0 radical (unpaired) electrons. The Labute approximate surface area is 267 Å². The summed E-state index contributed by atoms with van der Waals surface area (Å²) < 4.78 is 18.0. The fraction of sp³-hybridized carbons (Fsp3) is 0.189. The van der Waals surface area contributed by atoms with Crippen LogP contribution >= 0.6 is 22.6 Å². The summed E-state index contributed by atoms with van der Waals surface area (Å²) in [5, 5.41) is 11.3. The maximum absolute atomic E-state index is 7.00. The van der Waals surface area contributed by atoms with E-state index in [2.05, 4.69) is 108 Å². The fourth-order valence-corrected chi connectivity index (χ4v) is 5.03. The second kappa shape index (κ2) is 16.1. The minimum Gasteiger partial charge on any atom is -0.497 e. The first-order chi connectivity index (χ1) is 21.2. The van der Waals surface area contributed by atoms with Gasteiger partial charge in [-0.15, -0.1) is 0 Å². The average Bonchev–Trinajstić information content (AvgIpc) is 3.63. The Kier molecular flexibility index (Phi) is 12.6. The Morgan fingerprint density at radius 2 is 0.977 bits per heavy atom. The standard InChI is InChI=1S/C32H22O3.C2H6.CH3I.CH5N.CH4O/c1-19-5-3-6-20(13-19)22-9-11-29-25(15-22)27-17-32-28(18-31(27)34-29)26-16-23(10-12-30(26)35-32)21-7-4-8-24(14-21)33-2;4*1-2/h3-18H,1-2H3;1-2H3;1H3;2H2,1H3;2H,1H3. The van der Waals surface area contributed by atoms with Gasteiger partial charge < -0.3 is 24.4 Å². The number of fused-ring (bicyclic) bond motifs is 6. The molecule has 5 aromatic carbocycles. The number of hydrogen-bond acceptors (Lipinski definition) is 5. The quantitative estimate of drug-likeness (QED) is 0.143. The number of aliphatic hydroxyl groups excluding tert-OH is 1. The molecule has 0 atom stereocenters. The molecule has 6 heteroatoms. The number of ether oxygens (including phenoxy) is 1. The molecular formula is C37H40INO4. The van der Waals surface area contributed by atoms with Crippen molar-refractivity contribution in [1.82, 2.24) is 0 Å². The molecule has 2 aromatic heterocycles. The van der Waals surface area contributed by atoms with Crippen molar-refractivity contribution in [2.24, 2.45) is 5.73 Å². The second-order valence-corrected chi connectivity index (χ2v) is 9.07. The number of benzene rings is 5. The van der Waals surface area contributed by atoms with Gasteiger partial charge in [0.25, 0.3) is 0 Å². The Hall–Kier alpha value is -3.85. The van der Waals surface area contributed by atoms with Crippen LogP contribution < -0.4 is 10.5 Å². The summed E-state index contributed by atoms with van der Waals surface area (Å²) in [7, 11) is 4.19. The minimum absolute atomic E-state index is 0.841. The molecule has 5 nitrogen and oxygen atoms in total. The van der Waals surface area contributed by atoms with Gasteiger partial charge in [0.05, 0.1) is 7.11 Å². The molecule has 0 bridgehead atoms. The smallest absolute Gasteiger partial charge is 0.136 e. The molecule has 7 rings (SSSR count). The van der Waals surface area contributed by atoms with Gasteiger partial charge >= 0.3 is 0 Å². The first kappa shape index (κ1) is 33.6. The van der Waals surface area contributed by atoms with E-state index in [4.69, 9.17) is 18.7 Å². The number of aryl methyl sites for hydroxylation is 1. The number of nitrogens with two attached hydrogens (primary N) is 1. The summed E-state index contributed by atoms with van der Waals surface area (Å²) in [6.45, 7) is 6.12. The zero-order valence-electron chi connectivity index (χ0n) is 25.9. The summed E-state index contributed by atoms with van der Waals surface area (Å²) in [6, 6.07) is 33.6. The molecule has 0 saturated heterocycles. The van der Waals surface area contributed by atoms with Crippen LogP contribution in [-0.4, -0.2) is 31.3 Å². The van der Waals surface area contributed by atoms with Gasteiger partial charge in [-0.05, 0) is 89.7 Å². The van der Waals surface area contributed by atoms with Crippen molar-refractivity contribution in [3.8, 4) is 28.0 Å². The molecule has 0 saturated carbocycles. The topological polar surface area (TPSA) is 81.8 Å². The lowest BCUT2D eigenvalue weighted by molar-refractivity contribution is 0.399. The van der Waals surface area contributed by atoms with Crippen molar-refractivity contribution in [2.75, 3.05) is 26.2 Å². The lowest BCUT2D eigenvalue weighted by Gasteiger charge is -2.04. The van der Waals surface area contributed by atoms with Crippen molar-refractivity contribution < 1.29 is 18.7 Å². The van der Waals surface area contributed by atoms with Gasteiger partial charge in [-0.1, -0.05) is 90.5 Å². The molecule has 0 aliphatic rings. The molecule has 0 amide bonds. The van der Waals surface area contributed by atoms with Gasteiger partial charge in [-0.2, -0.15) is 0 Å². The Morgan fingerprint density at radius 3 is 1.44 bits per heavy atom. The first-order valence-corrected chi connectivity index (χ1v) is 16.3. The third-order valence-electron chi connectivity index (χ3n) is 6.82. The van der Waals surface area contributed by atoms with Gasteiger partial charge in [0.15, 0.2) is 0 Å². The predicted molar refractivity (Wildman–Crippen MR) is 193 cm³/mol. The van der Waals surface area contributed by atoms with Gasteiger partial charge in [0, 0.05) is 28.7 Å².